The van der Waals surface area contributed by atoms with Crippen LogP contribution in [0.5, 0.6) is 0 Å². The monoisotopic (exact) mass is 235 g/mol. The predicted octanol–water partition coefficient (Wildman–Crippen LogP) is 3.63. The van der Waals surface area contributed by atoms with E-state index >= 15 is 0 Å². The average Bonchev–Trinajstić information content (AvgIpc) is 2.11. The first-order valence-electron chi connectivity index (χ1n) is 7.39. The predicted molar refractivity (Wildman–Crippen MR) is 82.6 cm³/mol. The van der Waals surface area contributed by atoms with Crippen LogP contribution in [0.15, 0.2) is 0 Å². The van der Waals surface area contributed by atoms with Gasteiger partial charge >= 0.3 is 0 Å². The maximum atomic E-state index is 6.45. The van der Waals surface area contributed by atoms with Gasteiger partial charge in [-0.25, -0.2) is 0 Å². The number of rotatable bonds is 0. The molecule has 1 heterocycles. The van der Waals surface area contributed by atoms with Gasteiger partial charge in [0.1, 0.15) is 14.0 Å². The molecule has 1 rings (SSSR count). The van der Waals surface area contributed by atoms with Gasteiger partial charge in [0.25, 0.3) is 0 Å². The fourth-order valence-electron chi connectivity index (χ4n) is 3.74. The van der Waals surface area contributed by atoms with Gasteiger partial charge in [0.2, 0.25) is 0 Å². The maximum Gasteiger partial charge on any atom is 0.148 e. The molecule has 0 aromatic carbocycles. The smallest absolute Gasteiger partial charge is 0.148 e. The van der Waals surface area contributed by atoms with Crippen molar-refractivity contribution in [1.29, 1.82) is 0 Å². The van der Waals surface area contributed by atoms with Gasteiger partial charge in [-0.15, -0.1) is 0 Å². The molecule has 0 aromatic heterocycles. The second-order valence-corrected chi connectivity index (χ2v) is 8.15. The van der Waals surface area contributed by atoms with Crippen LogP contribution in [0.4, 0.5) is 0 Å². The van der Waals surface area contributed by atoms with E-state index in [2.05, 4.69) is 41.5 Å². The minimum atomic E-state index is 0.0472. The first-order chi connectivity index (χ1) is 7.60. The van der Waals surface area contributed by atoms with Gasteiger partial charge in [-0.1, -0.05) is 71.7 Å². The summed E-state index contributed by atoms with van der Waals surface area (Å²) in [5.74, 6) is 1.54. The SMILES string of the molecule is CC1BC(C)(N)CC(C)CB(C(C)(C)C)CC1. The summed E-state index contributed by atoms with van der Waals surface area (Å²) in [6.07, 6.45) is 5.26. The highest BCUT2D eigenvalue weighted by atomic mass is 14.7. The van der Waals surface area contributed by atoms with Crippen molar-refractivity contribution in [2.75, 3.05) is 0 Å². The van der Waals surface area contributed by atoms with Gasteiger partial charge in [0, 0.05) is 0 Å². The highest BCUT2D eigenvalue weighted by Crippen LogP contribution is 2.38. The van der Waals surface area contributed by atoms with Crippen LogP contribution < -0.4 is 5.73 Å². The molecular weight excluding hydrogens is 204 g/mol. The Morgan fingerprint density at radius 1 is 1.29 bits per heavy atom. The van der Waals surface area contributed by atoms with Crippen molar-refractivity contribution >= 4 is 14.0 Å². The first kappa shape index (κ1) is 15.1. The lowest BCUT2D eigenvalue weighted by molar-refractivity contribution is 0.467. The number of nitrogens with two attached hydrogens (primary N) is 1. The summed E-state index contributed by atoms with van der Waals surface area (Å²) in [7, 11) is 1.19. The third kappa shape index (κ3) is 5.07. The van der Waals surface area contributed by atoms with Crippen molar-refractivity contribution in [3.63, 3.8) is 0 Å². The van der Waals surface area contributed by atoms with Crippen LogP contribution in [0.25, 0.3) is 0 Å². The van der Waals surface area contributed by atoms with Gasteiger partial charge < -0.3 is 5.73 Å². The molecule has 0 amide bonds. The van der Waals surface area contributed by atoms with Crippen molar-refractivity contribution in [1.82, 2.24) is 0 Å². The van der Waals surface area contributed by atoms with Crippen molar-refractivity contribution in [3.8, 4) is 0 Å². The van der Waals surface area contributed by atoms with E-state index in [1.165, 1.54) is 32.8 Å². The zero-order valence-corrected chi connectivity index (χ0v) is 12.8. The zero-order chi connectivity index (χ0) is 13.3. The standard InChI is InChI=1S/C14H31B2N/c1-11-9-14(6,17)15-12(2)7-8-16(10-11)13(3,4)5/h11-12,15H,7-10,17H2,1-6H3. The second kappa shape index (κ2) is 5.38. The molecule has 3 atom stereocenters. The van der Waals surface area contributed by atoms with Crippen LogP contribution in [-0.4, -0.2) is 19.4 Å². The Hall–Kier alpha value is 0.0899. The lowest BCUT2D eigenvalue weighted by Gasteiger charge is -2.31. The summed E-state index contributed by atoms with van der Waals surface area (Å²) in [6, 6.07) is 0. The summed E-state index contributed by atoms with van der Waals surface area (Å²) in [4.78, 5) is 0. The molecule has 1 aliphatic heterocycles. The Kier molecular flexibility index (Phi) is 4.80. The Bertz CT molecular complexity index is 245. The molecule has 98 valence electrons. The van der Waals surface area contributed by atoms with Crippen LogP contribution in [0.1, 0.15) is 54.4 Å². The summed E-state index contributed by atoms with van der Waals surface area (Å²) in [5, 5.41) is 0.448. The minimum Gasteiger partial charge on any atom is -0.332 e. The van der Waals surface area contributed by atoms with Gasteiger partial charge in [-0.3, -0.25) is 0 Å². The third-order valence-corrected chi connectivity index (χ3v) is 4.55. The molecule has 0 aliphatic carbocycles. The summed E-state index contributed by atoms with van der Waals surface area (Å²) < 4.78 is 0. The largest absolute Gasteiger partial charge is 0.332 e. The topological polar surface area (TPSA) is 26.0 Å². The van der Waals surface area contributed by atoms with E-state index in [0.717, 1.165) is 18.4 Å². The van der Waals surface area contributed by atoms with Crippen molar-refractivity contribution < 1.29 is 0 Å². The number of hydrogen-bond donors (Lipinski definition) is 1. The third-order valence-electron chi connectivity index (χ3n) is 4.55. The van der Waals surface area contributed by atoms with Crippen molar-refractivity contribution in [2.45, 2.75) is 83.6 Å². The molecule has 1 aliphatic rings. The molecule has 0 spiro atoms. The van der Waals surface area contributed by atoms with Crippen LogP contribution in [-0.2, 0) is 0 Å². The molecular formula is C14H31B2N. The van der Waals surface area contributed by atoms with Crippen LogP contribution in [0, 0.1) is 5.92 Å². The van der Waals surface area contributed by atoms with Gasteiger partial charge in [0.15, 0.2) is 0 Å². The van der Waals surface area contributed by atoms with Gasteiger partial charge in [0.05, 0.1) is 0 Å². The van der Waals surface area contributed by atoms with E-state index in [9.17, 15) is 0 Å². The first-order valence-corrected chi connectivity index (χ1v) is 7.39. The van der Waals surface area contributed by atoms with E-state index in [4.69, 9.17) is 5.73 Å². The average molecular weight is 235 g/mol. The van der Waals surface area contributed by atoms with Crippen molar-refractivity contribution in [2.24, 2.45) is 11.7 Å². The zero-order valence-electron chi connectivity index (χ0n) is 12.8. The van der Waals surface area contributed by atoms with Crippen LogP contribution >= 0.6 is 0 Å². The molecule has 17 heavy (non-hydrogen) atoms. The summed E-state index contributed by atoms with van der Waals surface area (Å²) in [5.41, 5.74) is 6.50. The van der Waals surface area contributed by atoms with Crippen LogP contribution in [0.3, 0.4) is 0 Å². The Morgan fingerprint density at radius 2 is 1.88 bits per heavy atom. The van der Waals surface area contributed by atoms with Gasteiger partial charge in [-0.2, -0.15) is 0 Å². The summed E-state index contributed by atoms with van der Waals surface area (Å²) in [6.45, 7) is 15.1. The normalized spacial score (nSPS) is 36.8. The number of hydrogen-bond acceptors (Lipinski definition) is 1. The second-order valence-electron chi connectivity index (χ2n) is 8.15. The molecule has 3 unspecified atom stereocenters. The van der Waals surface area contributed by atoms with E-state index in [1.54, 1.807) is 0 Å². The molecule has 0 saturated carbocycles. The van der Waals surface area contributed by atoms with E-state index < -0.39 is 0 Å². The molecule has 0 aromatic rings. The van der Waals surface area contributed by atoms with Gasteiger partial charge in [-0.05, 0) is 17.8 Å². The molecule has 0 radical (unpaired) electrons. The lowest BCUT2D eigenvalue weighted by Crippen LogP contribution is -2.45. The molecule has 1 nitrogen and oxygen atoms in total. The fourth-order valence-corrected chi connectivity index (χ4v) is 3.74. The maximum absolute atomic E-state index is 6.45. The van der Waals surface area contributed by atoms with Crippen LogP contribution in [0.2, 0.25) is 23.8 Å². The van der Waals surface area contributed by atoms with E-state index in [-0.39, 0.29) is 5.44 Å². The fraction of sp³-hybridized carbons (Fsp3) is 1.00. The highest BCUT2D eigenvalue weighted by molar-refractivity contribution is 6.62. The van der Waals surface area contributed by atoms with Crippen molar-refractivity contribution in [3.05, 3.63) is 0 Å². The molecule has 1 saturated heterocycles. The van der Waals surface area contributed by atoms with E-state index in [0.29, 0.717) is 5.31 Å². The Labute approximate surface area is 110 Å². The molecule has 3 heteroatoms. The highest BCUT2D eigenvalue weighted by Gasteiger charge is 2.34. The molecule has 2 N–H and O–H groups in total. The molecule has 1 fully saturated rings. The Balaban J connectivity index is 2.77. The lowest BCUT2D eigenvalue weighted by atomic mass is 9.30. The Morgan fingerprint density at radius 3 is 2.41 bits per heavy atom. The molecule has 0 bridgehead atoms. The van der Waals surface area contributed by atoms with E-state index in [1.807, 2.05) is 0 Å². The minimum absolute atomic E-state index is 0.0472. The summed E-state index contributed by atoms with van der Waals surface area (Å²) >= 11 is 0. The quantitative estimate of drug-likeness (QED) is 0.637.